The number of carbonyl (C=O) groups is 2. The van der Waals surface area contributed by atoms with Gasteiger partial charge in [-0.05, 0) is 43.7 Å². The van der Waals surface area contributed by atoms with Gasteiger partial charge in [-0.15, -0.1) is 0 Å². The molecule has 2 amide bonds. The van der Waals surface area contributed by atoms with Crippen LogP contribution in [0.25, 0.3) is 5.57 Å². The van der Waals surface area contributed by atoms with E-state index in [2.05, 4.69) is 11.8 Å². The number of hydrogen-bond acceptors (Lipinski definition) is 3. The predicted octanol–water partition coefficient (Wildman–Crippen LogP) is 5.92. The van der Waals surface area contributed by atoms with Crippen LogP contribution in [0.3, 0.4) is 0 Å². The van der Waals surface area contributed by atoms with Crippen molar-refractivity contribution in [3.63, 3.8) is 0 Å². The van der Waals surface area contributed by atoms with Gasteiger partial charge in [-0.1, -0.05) is 68.3 Å². The molecule has 0 bridgehead atoms. The Hall–Kier alpha value is -1.52. The molecule has 0 radical (unpaired) electrons. The molecular weight excluding hydrogens is 419 g/mol. The fourth-order valence-corrected chi connectivity index (χ4v) is 5.52. The lowest BCUT2D eigenvalue weighted by molar-refractivity contribution is -0.140. The summed E-state index contributed by atoms with van der Waals surface area (Å²) in [6.45, 7) is 3.83. The first kappa shape index (κ1) is 21.7. The van der Waals surface area contributed by atoms with E-state index in [9.17, 15) is 9.59 Å². The Morgan fingerprint density at radius 2 is 1.50 bits per heavy atom. The first-order valence-electron chi connectivity index (χ1n) is 11.3. The lowest BCUT2D eigenvalue weighted by Gasteiger charge is -2.33. The minimum absolute atomic E-state index is 0.0208. The number of benzene rings is 1. The molecule has 2 fully saturated rings. The predicted molar refractivity (Wildman–Crippen MR) is 121 cm³/mol. The van der Waals surface area contributed by atoms with Gasteiger partial charge < -0.3 is 4.90 Å². The highest BCUT2D eigenvalue weighted by Crippen LogP contribution is 2.39. The summed E-state index contributed by atoms with van der Waals surface area (Å²) in [7, 11) is 0. The van der Waals surface area contributed by atoms with Gasteiger partial charge in [-0.3, -0.25) is 14.5 Å². The molecule has 2 heterocycles. The molecule has 162 valence electrons. The molecule has 0 spiro atoms. The zero-order valence-corrected chi connectivity index (χ0v) is 19.1. The third-order valence-corrected chi connectivity index (χ3v) is 7.38. The minimum atomic E-state index is -0.191. The van der Waals surface area contributed by atoms with Gasteiger partial charge in [0.25, 0.3) is 11.8 Å². The zero-order chi connectivity index (χ0) is 21.3. The number of amides is 2. The van der Waals surface area contributed by atoms with E-state index in [-0.39, 0.29) is 17.9 Å². The van der Waals surface area contributed by atoms with Gasteiger partial charge in [-0.2, -0.15) is 0 Å². The summed E-state index contributed by atoms with van der Waals surface area (Å²) in [4.78, 5) is 31.1. The Morgan fingerprint density at radius 3 is 2.13 bits per heavy atom. The van der Waals surface area contributed by atoms with Crippen molar-refractivity contribution in [3.05, 3.63) is 39.5 Å². The van der Waals surface area contributed by atoms with Crippen LogP contribution in [0.5, 0.6) is 0 Å². The van der Waals surface area contributed by atoms with Crippen molar-refractivity contribution in [2.75, 3.05) is 13.1 Å². The smallest absolute Gasteiger partial charge is 0.278 e. The molecule has 1 saturated heterocycles. The zero-order valence-electron chi connectivity index (χ0n) is 17.6. The molecule has 0 atom stereocenters. The Kier molecular flexibility index (Phi) is 6.74. The molecule has 30 heavy (non-hydrogen) atoms. The molecule has 1 saturated carbocycles. The van der Waals surface area contributed by atoms with Crippen LogP contribution in [-0.4, -0.2) is 40.7 Å². The van der Waals surface area contributed by atoms with Gasteiger partial charge in [0.05, 0.1) is 10.6 Å². The molecule has 0 unspecified atom stereocenters. The maximum Gasteiger partial charge on any atom is 0.278 e. The maximum absolute atomic E-state index is 13.7. The highest BCUT2D eigenvalue weighted by atomic mass is 35.5. The van der Waals surface area contributed by atoms with Crippen LogP contribution in [-0.2, 0) is 9.59 Å². The van der Waals surface area contributed by atoms with E-state index in [1.54, 1.807) is 23.1 Å². The number of hydrogen-bond donors (Lipinski definition) is 0. The monoisotopic (exact) mass is 448 g/mol. The lowest BCUT2D eigenvalue weighted by atomic mass is 9.95. The summed E-state index contributed by atoms with van der Waals surface area (Å²) in [5.74, 6) is 0.308. The first-order valence-corrected chi connectivity index (χ1v) is 12.1. The highest BCUT2D eigenvalue weighted by Gasteiger charge is 2.45. The molecule has 3 aliphatic rings. The summed E-state index contributed by atoms with van der Waals surface area (Å²) in [5.41, 5.74) is 1.61. The third kappa shape index (κ3) is 4.27. The van der Waals surface area contributed by atoms with Gasteiger partial charge in [-0.25, -0.2) is 0 Å². The second kappa shape index (κ2) is 9.32. The highest BCUT2D eigenvalue weighted by molar-refractivity contribution is 6.41. The number of piperidine rings is 1. The van der Waals surface area contributed by atoms with E-state index < -0.39 is 0 Å². The van der Waals surface area contributed by atoms with Crippen molar-refractivity contribution in [1.29, 1.82) is 0 Å². The van der Waals surface area contributed by atoms with Gasteiger partial charge in [0.15, 0.2) is 0 Å². The molecule has 2 aliphatic heterocycles. The molecule has 0 aromatic heterocycles. The van der Waals surface area contributed by atoms with Gasteiger partial charge in [0.1, 0.15) is 5.70 Å². The van der Waals surface area contributed by atoms with Crippen LogP contribution in [0.4, 0.5) is 0 Å². The number of imide groups is 1. The quantitative estimate of drug-likeness (QED) is 0.538. The number of halogens is 2. The third-order valence-electron chi connectivity index (χ3n) is 6.83. The van der Waals surface area contributed by atoms with E-state index in [4.69, 9.17) is 23.2 Å². The summed E-state index contributed by atoms with van der Waals surface area (Å²) in [5, 5.41) is 0.937. The van der Waals surface area contributed by atoms with E-state index in [0.29, 0.717) is 32.8 Å². The second-order valence-corrected chi connectivity index (χ2v) is 9.84. The molecule has 4 nitrogen and oxygen atoms in total. The molecular formula is C24H30Cl2N2O2. The van der Waals surface area contributed by atoms with Crippen LogP contribution < -0.4 is 0 Å². The molecule has 1 aliphatic carbocycles. The van der Waals surface area contributed by atoms with Crippen LogP contribution in [0.2, 0.25) is 10.0 Å². The first-order chi connectivity index (χ1) is 14.5. The SMILES string of the molecule is CC1CCN(C2=C(c3ccc(Cl)cc3Cl)C(=O)N(C3CCCCCCC3)C2=O)CC1. The number of likely N-dealkylation sites (tertiary alicyclic amines) is 1. The average Bonchev–Trinajstić information content (AvgIpc) is 2.93. The standard InChI is InChI=1S/C24H30Cl2N2O2/c1-16-11-13-27(14-12-16)22-21(19-10-9-17(25)15-20(19)26)23(29)28(24(22)30)18-7-5-3-2-4-6-8-18/h9-10,15-16,18H,2-8,11-14H2,1H3. The Balaban J connectivity index is 1.74. The van der Waals surface area contributed by atoms with Crippen LogP contribution >= 0.6 is 23.2 Å². The topological polar surface area (TPSA) is 40.6 Å². The van der Waals surface area contributed by atoms with Gasteiger partial charge >= 0.3 is 0 Å². The molecule has 0 N–H and O–H groups in total. The van der Waals surface area contributed by atoms with Crippen molar-refractivity contribution in [2.24, 2.45) is 5.92 Å². The van der Waals surface area contributed by atoms with Crippen LogP contribution in [0, 0.1) is 5.92 Å². The Bertz CT molecular complexity index is 851. The van der Waals surface area contributed by atoms with E-state index in [1.807, 2.05) is 0 Å². The molecule has 6 heteroatoms. The largest absolute Gasteiger partial charge is 0.366 e. The lowest BCUT2D eigenvalue weighted by Crippen LogP contribution is -2.43. The summed E-state index contributed by atoms with van der Waals surface area (Å²) in [6, 6.07) is 5.14. The molecule has 1 aromatic rings. The maximum atomic E-state index is 13.7. The summed E-state index contributed by atoms with van der Waals surface area (Å²) in [6.07, 6.45) is 9.55. The summed E-state index contributed by atoms with van der Waals surface area (Å²) >= 11 is 12.6. The van der Waals surface area contributed by atoms with Crippen LogP contribution in [0.15, 0.2) is 23.9 Å². The minimum Gasteiger partial charge on any atom is -0.366 e. The second-order valence-electron chi connectivity index (χ2n) is 9.00. The average molecular weight is 449 g/mol. The Morgan fingerprint density at radius 1 is 0.867 bits per heavy atom. The fourth-order valence-electron chi connectivity index (χ4n) is 5.02. The van der Waals surface area contributed by atoms with Crippen molar-refractivity contribution in [1.82, 2.24) is 9.80 Å². The molecule has 1 aromatic carbocycles. The van der Waals surface area contributed by atoms with E-state index >= 15 is 0 Å². The number of nitrogens with zero attached hydrogens (tertiary/aromatic N) is 2. The Labute approximate surface area is 189 Å². The summed E-state index contributed by atoms with van der Waals surface area (Å²) < 4.78 is 0. The normalized spacial score (nSPS) is 22.6. The van der Waals surface area contributed by atoms with Crippen molar-refractivity contribution in [3.8, 4) is 0 Å². The van der Waals surface area contributed by atoms with Gasteiger partial charge in [0, 0.05) is 29.7 Å². The fraction of sp³-hybridized carbons (Fsp3) is 0.583. The number of rotatable bonds is 3. The van der Waals surface area contributed by atoms with E-state index in [0.717, 1.165) is 51.6 Å². The van der Waals surface area contributed by atoms with E-state index in [1.165, 1.54) is 19.3 Å². The molecule has 4 rings (SSSR count). The van der Waals surface area contributed by atoms with Crippen molar-refractivity contribution >= 4 is 40.6 Å². The van der Waals surface area contributed by atoms with Crippen molar-refractivity contribution in [2.45, 2.75) is 70.8 Å². The van der Waals surface area contributed by atoms with Crippen LogP contribution in [0.1, 0.15) is 70.3 Å². The number of carbonyl (C=O) groups excluding carboxylic acids is 2. The van der Waals surface area contributed by atoms with Gasteiger partial charge in [0.2, 0.25) is 0 Å². The van der Waals surface area contributed by atoms with Crippen molar-refractivity contribution < 1.29 is 9.59 Å².